The lowest BCUT2D eigenvalue weighted by atomic mass is 9.90. The molecule has 0 amide bonds. The van der Waals surface area contributed by atoms with E-state index in [0.29, 0.717) is 6.04 Å². The zero-order valence-electron chi connectivity index (χ0n) is 11.8. The van der Waals surface area contributed by atoms with Crippen LogP contribution < -0.4 is 5.32 Å². The van der Waals surface area contributed by atoms with Gasteiger partial charge in [-0.2, -0.15) is 0 Å². The Balaban J connectivity index is 2.26. The number of hydrogen-bond acceptors (Lipinski definition) is 1. The highest BCUT2D eigenvalue weighted by atomic mass is 14.9. The van der Waals surface area contributed by atoms with Gasteiger partial charge in [0.1, 0.15) is 0 Å². The van der Waals surface area contributed by atoms with Crippen molar-refractivity contribution in [2.75, 3.05) is 7.05 Å². The molecule has 4 aromatic rings. The Hall–Kier alpha value is -2.12. The van der Waals surface area contributed by atoms with E-state index in [9.17, 15) is 0 Å². The van der Waals surface area contributed by atoms with E-state index in [4.69, 9.17) is 0 Å². The molecule has 0 fully saturated rings. The molecule has 0 saturated carbocycles. The fourth-order valence-electron chi connectivity index (χ4n) is 3.29. The number of benzene rings is 4. The van der Waals surface area contributed by atoms with Gasteiger partial charge in [-0.15, -0.1) is 0 Å². The van der Waals surface area contributed by atoms with Crippen LogP contribution in [0.25, 0.3) is 32.3 Å². The van der Waals surface area contributed by atoms with Crippen molar-refractivity contribution in [2.24, 2.45) is 0 Å². The van der Waals surface area contributed by atoms with Crippen molar-refractivity contribution in [1.82, 2.24) is 5.32 Å². The van der Waals surface area contributed by atoms with E-state index in [2.05, 4.69) is 66.8 Å². The molecule has 1 N–H and O–H groups in total. The molecule has 4 rings (SSSR count). The van der Waals surface area contributed by atoms with Gasteiger partial charge in [-0.05, 0) is 51.9 Å². The molecule has 1 heteroatoms. The van der Waals surface area contributed by atoms with Gasteiger partial charge in [-0.25, -0.2) is 0 Å². The van der Waals surface area contributed by atoms with E-state index in [1.165, 1.54) is 37.9 Å². The quantitative estimate of drug-likeness (QED) is 0.507. The molecule has 1 unspecified atom stereocenters. The van der Waals surface area contributed by atoms with E-state index in [1.54, 1.807) is 0 Å². The first kappa shape index (κ1) is 11.7. The van der Waals surface area contributed by atoms with Crippen molar-refractivity contribution < 1.29 is 0 Å². The molecule has 4 aromatic carbocycles. The summed E-state index contributed by atoms with van der Waals surface area (Å²) in [6.45, 7) is 2.21. The maximum atomic E-state index is 3.36. The predicted molar refractivity (Wildman–Crippen MR) is 87.6 cm³/mol. The van der Waals surface area contributed by atoms with Crippen LogP contribution in [0.5, 0.6) is 0 Å². The van der Waals surface area contributed by atoms with E-state index >= 15 is 0 Å². The molecular formula is C19H17N. The Morgan fingerprint density at radius 1 is 0.750 bits per heavy atom. The van der Waals surface area contributed by atoms with Crippen LogP contribution in [0, 0.1) is 0 Å². The van der Waals surface area contributed by atoms with Crippen molar-refractivity contribution in [2.45, 2.75) is 13.0 Å². The Bertz CT molecular complexity index is 892. The van der Waals surface area contributed by atoms with E-state index in [1.807, 2.05) is 7.05 Å². The minimum Gasteiger partial charge on any atom is -0.313 e. The average molecular weight is 259 g/mol. The van der Waals surface area contributed by atoms with Crippen LogP contribution in [0.3, 0.4) is 0 Å². The maximum Gasteiger partial charge on any atom is 0.0295 e. The third-order valence-electron chi connectivity index (χ3n) is 4.46. The van der Waals surface area contributed by atoms with Crippen LogP contribution in [0.2, 0.25) is 0 Å². The van der Waals surface area contributed by atoms with Gasteiger partial charge in [0.25, 0.3) is 0 Å². The molecule has 0 spiro atoms. The molecule has 20 heavy (non-hydrogen) atoms. The molecule has 0 heterocycles. The van der Waals surface area contributed by atoms with Gasteiger partial charge in [0, 0.05) is 6.04 Å². The lowest BCUT2D eigenvalue weighted by Crippen LogP contribution is -2.12. The van der Waals surface area contributed by atoms with E-state index in [0.717, 1.165) is 0 Å². The number of rotatable bonds is 2. The van der Waals surface area contributed by atoms with Crippen molar-refractivity contribution in [3.8, 4) is 0 Å². The van der Waals surface area contributed by atoms with Gasteiger partial charge in [-0.3, -0.25) is 0 Å². The summed E-state index contributed by atoms with van der Waals surface area (Å²) in [4.78, 5) is 0. The summed E-state index contributed by atoms with van der Waals surface area (Å²) in [6.07, 6.45) is 0. The minimum absolute atomic E-state index is 0.361. The molecule has 98 valence electrons. The molecule has 1 nitrogen and oxygen atoms in total. The van der Waals surface area contributed by atoms with Gasteiger partial charge >= 0.3 is 0 Å². The van der Waals surface area contributed by atoms with Gasteiger partial charge in [0.2, 0.25) is 0 Å². The molecular weight excluding hydrogens is 242 g/mol. The zero-order chi connectivity index (χ0) is 13.7. The highest BCUT2D eigenvalue weighted by Gasteiger charge is 2.12. The van der Waals surface area contributed by atoms with Crippen molar-refractivity contribution in [3.63, 3.8) is 0 Å². The third-order valence-corrected chi connectivity index (χ3v) is 4.46. The van der Waals surface area contributed by atoms with E-state index < -0.39 is 0 Å². The maximum absolute atomic E-state index is 3.36. The smallest absolute Gasteiger partial charge is 0.0295 e. The van der Waals surface area contributed by atoms with Crippen LogP contribution in [0.4, 0.5) is 0 Å². The number of hydrogen-bond donors (Lipinski definition) is 1. The summed E-state index contributed by atoms with van der Waals surface area (Å²) in [5.41, 5.74) is 1.37. The summed E-state index contributed by atoms with van der Waals surface area (Å²) in [5.74, 6) is 0. The standard InChI is InChI=1S/C19H17N/c1-12(20-2)16-10-8-15-7-6-13-4-3-5-14-9-11-17(16)19(15)18(13)14/h3-12,20H,1-2H3. The molecule has 0 aliphatic carbocycles. The van der Waals surface area contributed by atoms with Gasteiger partial charge in [0.15, 0.2) is 0 Å². The SMILES string of the molecule is CNC(C)c1ccc2ccc3cccc4ccc1c2c34. The fraction of sp³-hybridized carbons (Fsp3) is 0.158. The Kier molecular flexibility index (Phi) is 2.45. The Morgan fingerprint density at radius 2 is 1.35 bits per heavy atom. The summed E-state index contributed by atoms with van der Waals surface area (Å²) < 4.78 is 0. The minimum atomic E-state index is 0.361. The van der Waals surface area contributed by atoms with E-state index in [-0.39, 0.29) is 0 Å². The summed E-state index contributed by atoms with van der Waals surface area (Å²) >= 11 is 0. The Morgan fingerprint density at radius 3 is 2.05 bits per heavy atom. The molecule has 1 atom stereocenters. The van der Waals surface area contributed by atoms with Crippen molar-refractivity contribution in [3.05, 3.63) is 60.2 Å². The molecule has 0 radical (unpaired) electrons. The van der Waals surface area contributed by atoms with Gasteiger partial charge in [-0.1, -0.05) is 54.6 Å². The lowest BCUT2D eigenvalue weighted by molar-refractivity contribution is 0.657. The predicted octanol–water partition coefficient (Wildman–Crippen LogP) is 4.86. The monoisotopic (exact) mass is 259 g/mol. The highest BCUT2D eigenvalue weighted by Crippen LogP contribution is 2.37. The van der Waals surface area contributed by atoms with Crippen LogP contribution in [0.1, 0.15) is 18.5 Å². The van der Waals surface area contributed by atoms with Gasteiger partial charge in [0.05, 0.1) is 0 Å². The Labute approximate surface area is 118 Å². The molecule has 0 aliphatic rings. The second-order valence-corrected chi connectivity index (χ2v) is 5.52. The summed E-state index contributed by atoms with van der Waals surface area (Å²) in [6, 6.07) is 20.4. The molecule has 0 aliphatic heterocycles. The van der Waals surface area contributed by atoms with Crippen molar-refractivity contribution >= 4 is 32.3 Å². The fourth-order valence-corrected chi connectivity index (χ4v) is 3.29. The largest absolute Gasteiger partial charge is 0.313 e. The topological polar surface area (TPSA) is 12.0 Å². The van der Waals surface area contributed by atoms with Gasteiger partial charge < -0.3 is 5.32 Å². The first-order chi connectivity index (χ1) is 9.79. The van der Waals surface area contributed by atoms with Crippen LogP contribution in [-0.4, -0.2) is 7.05 Å². The van der Waals surface area contributed by atoms with Crippen LogP contribution >= 0.6 is 0 Å². The second-order valence-electron chi connectivity index (χ2n) is 5.52. The van der Waals surface area contributed by atoms with Crippen LogP contribution in [-0.2, 0) is 0 Å². The molecule has 0 bridgehead atoms. The first-order valence-electron chi connectivity index (χ1n) is 7.13. The average Bonchev–Trinajstić information content (AvgIpc) is 2.51. The second kappa shape index (κ2) is 4.19. The van der Waals surface area contributed by atoms with Crippen LogP contribution in [0.15, 0.2) is 54.6 Å². The number of nitrogens with one attached hydrogen (secondary N) is 1. The first-order valence-corrected chi connectivity index (χ1v) is 7.13. The highest BCUT2D eigenvalue weighted by molar-refractivity contribution is 6.23. The van der Waals surface area contributed by atoms with Crippen molar-refractivity contribution in [1.29, 1.82) is 0 Å². The third kappa shape index (κ3) is 1.47. The normalized spacial score (nSPS) is 13.5. The summed E-state index contributed by atoms with van der Waals surface area (Å²) in [5, 5.41) is 11.5. The molecule has 0 aromatic heterocycles. The zero-order valence-corrected chi connectivity index (χ0v) is 11.8. The summed E-state index contributed by atoms with van der Waals surface area (Å²) in [7, 11) is 2.02. The lowest BCUT2D eigenvalue weighted by Gasteiger charge is -2.17. The molecule has 0 saturated heterocycles.